The zero-order chi connectivity index (χ0) is 20.1. The second-order valence-electron chi connectivity index (χ2n) is 6.61. The highest BCUT2D eigenvalue weighted by Crippen LogP contribution is 2.22. The monoisotopic (exact) mass is 397 g/mol. The Morgan fingerprint density at radius 2 is 1.54 bits per heavy atom. The zero-order valence-corrected chi connectivity index (χ0v) is 16.8. The number of hydrogen-bond donors (Lipinski definition) is 2. The third kappa shape index (κ3) is 4.80. The summed E-state index contributed by atoms with van der Waals surface area (Å²) in [6.45, 7) is 4.30. The molecule has 1 heterocycles. The number of hydrogen-bond acceptors (Lipinski definition) is 5. The van der Waals surface area contributed by atoms with Crippen molar-refractivity contribution in [3.63, 3.8) is 0 Å². The molecule has 3 rings (SSSR count). The Morgan fingerprint density at radius 1 is 0.893 bits per heavy atom. The van der Waals surface area contributed by atoms with Crippen LogP contribution in [0, 0.1) is 0 Å². The molecule has 0 saturated carbocycles. The van der Waals surface area contributed by atoms with E-state index >= 15 is 0 Å². The average Bonchev–Trinajstić information content (AvgIpc) is 2.70. The molecular weight excluding hydrogens is 374 g/mol. The first-order valence-corrected chi connectivity index (χ1v) is 10.4. The van der Waals surface area contributed by atoms with Gasteiger partial charge < -0.3 is 10.1 Å². The van der Waals surface area contributed by atoms with Crippen molar-refractivity contribution >= 4 is 27.2 Å². The van der Waals surface area contributed by atoms with Crippen LogP contribution in [0.4, 0.5) is 17.2 Å². The summed E-state index contributed by atoms with van der Waals surface area (Å²) in [6.07, 6.45) is 1.48. The van der Waals surface area contributed by atoms with Crippen LogP contribution in [-0.2, 0) is 10.0 Å². The van der Waals surface area contributed by atoms with Crippen LogP contribution in [0.3, 0.4) is 0 Å². The van der Waals surface area contributed by atoms with Crippen molar-refractivity contribution in [3.05, 3.63) is 72.4 Å². The SMILES string of the molecule is COc1ccc(S(=O)(=O)Nc2ccc(Nc3ccc(C(C)C)cc3)nc2)cc1. The lowest BCUT2D eigenvalue weighted by molar-refractivity contribution is 0.414. The smallest absolute Gasteiger partial charge is 0.261 e. The fourth-order valence-electron chi connectivity index (χ4n) is 2.60. The summed E-state index contributed by atoms with van der Waals surface area (Å²) in [6, 6.07) is 17.7. The molecule has 0 spiro atoms. The van der Waals surface area contributed by atoms with Crippen LogP contribution < -0.4 is 14.8 Å². The van der Waals surface area contributed by atoms with Gasteiger partial charge in [-0.15, -0.1) is 0 Å². The number of aromatic nitrogens is 1. The van der Waals surface area contributed by atoms with Crippen LogP contribution in [0.2, 0.25) is 0 Å². The highest BCUT2D eigenvalue weighted by Gasteiger charge is 2.14. The van der Waals surface area contributed by atoms with Crippen molar-refractivity contribution in [3.8, 4) is 5.75 Å². The number of rotatable bonds is 7. The Kier molecular flexibility index (Phi) is 5.84. The van der Waals surface area contributed by atoms with Crippen molar-refractivity contribution in [1.29, 1.82) is 0 Å². The third-order valence-corrected chi connectivity index (χ3v) is 5.63. The number of pyridine rings is 1. The summed E-state index contributed by atoms with van der Waals surface area (Å²) in [7, 11) is -2.16. The molecule has 0 saturated heterocycles. The van der Waals surface area contributed by atoms with Crippen LogP contribution in [0.15, 0.2) is 71.8 Å². The van der Waals surface area contributed by atoms with Gasteiger partial charge in [0.15, 0.2) is 0 Å². The van der Waals surface area contributed by atoms with E-state index in [2.05, 4.69) is 41.0 Å². The van der Waals surface area contributed by atoms with Crippen LogP contribution in [0.5, 0.6) is 5.75 Å². The molecule has 3 aromatic rings. The first kappa shape index (κ1) is 19.7. The molecule has 0 amide bonds. The standard InChI is InChI=1S/C21H23N3O3S/c1-15(2)16-4-6-17(7-5-16)23-21-13-8-18(14-22-21)24-28(25,26)20-11-9-19(27-3)10-12-20/h4-15,24H,1-3H3,(H,22,23). The average molecular weight is 398 g/mol. The van der Waals surface area contributed by atoms with Gasteiger partial charge in [0, 0.05) is 5.69 Å². The van der Waals surface area contributed by atoms with Crippen molar-refractivity contribution in [1.82, 2.24) is 4.98 Å². The van der Waals surface area contributed by atoms with Gasteiger partial charge in [0.2, 0.25) is 0 Å². The Hall–Kier alpha value is -3.06. The molecule has 0 unspecified atom stereocenters. The predicted molar refractivity (Wildman–Crippen MR) is 112 cm³/mol. The van der Waals surface area contributed by atoms with E-state index in [4.69, 9.17) is 4.74 Å². The molecule has 0 aliphatic rings. The van der Waals surface area contributed by atoms with Crippen molar-refractivity contribution in [2.75, 3.05) is 17.1 Å². The van der Waals surface area contributed by atoms with E-state index in [0.29, 0.717) is 23.2 Å². The van der Waals surface area contributed by atoms with Crippen LogP contribution in [0.25, 0.3) is 0 Å². The molecule has 146 valence electrons. The number of benzene rings is 2. The Balaban J connectivity index is 1.68. The molecule has 0 aliphatic carbocycles. The van der Waals surface area contributed by atoms with Gasteiger partial charge in [-0.1, -0.05) is 26.0 Å². The minimum atomic E-state index is -3.69. The van der Waals surface area contributed by atoms with Crippen LogP contribution >= 0.6 is 0 Å². The van der Waals surface area contributed by atoms with Crippen LogP contribution in [-0.4, -0.2) is 20.5 Å². The first-order valence-electron chi connectivity index (χ1n) is 8.87. The van der Waals surface area contributed by atoms with E-state index in [-0.39, 0.29) is 4.90 Å². The molecule has 0 radical (unpaired) electrons. The number of sulfonamides is 1. The highest BCUT2D eigenvalue weighted by atomic mass is 32.2. The van der Waals surface area contributed by atoms with Gasteiger partial charge in [-0.2, -0.15) is 0 Å². The highest BCUT2D eigenvalue weighted by molar-refractivity contribution is 7.92. The van der Waals surface area contributed by atoms with Crippen LogP contribution in [0.1, 0.15) is 25.3 Å². The van der Waals surface area contributed by atoms with E-state index in [1.807, 2.05) is 12.1 Å². The summed E-state index contributed by atoms with van der Waals surface area (Å²) in [5.41, 5.74) is 2.57. The maximum absolute atomic E-state index is 12.5. The lowest BCUT2D eigenvalue weighted by Crippen LogP contribution is -2.13. The number of nitrogens with zero attached hydrogens (tertiary/aromatic N) is 1. The minimum Gasteiger partial charge on any atom is -0.497 e. The van der Waals surface area contributed by atoms with Crippen molar-refractivity contribution in [2.24, 2.45) is 0 Å². The van der Waals surface area contributed by atoms with Gasteiger partial charge in [-0.25, -0.2) is 13.4 Å². The minimum absolute atomic E-state index is 0.153. The van der Waals surface area contributed by atoms with E-state index < -0.39 is 10.0 Å². The van der Waals surface area contributed by atoms with E-state index in [0.717, 1.165) is 5.69 Å². The van der Waals surface area contributed by atoms with E-state index in [9.17, 15) is 8.42 Å². The Labute approximate surface area is 165 Å². The first-order chi connectivity index (χ1) is 13.4. The van der Waals surface area contributed by atoms with E-state index in [1.54, 1.807) is 24.3 Å². The van der Waals surface area contributed by atoms with Gasteiger partial charge in [0.1, 0.15) is 11.6 Å². The lowest BCUT2D eigenvalue weighted by atomic mass is 10.0. The third-order valence-electron chi connectivity index (χ3n) is 4.24. The van der Waals surface area contributed by atoms with Gasteiger partial charge in [0.05, 0.1) is 23.9 Å². The normalized spacial score (nSPS) is 11.3. The molecular formula is C21H23N3O3S. The molecule has 6 nitrogen and oxygen atoms in total. The Bertz CT molecular complexity index is 1010. The lowest BCUT2D eigenvalue weighted by Gasteiger charge is -2.11. The topological polar surface area (TPSA) is 80.3 Å². The molecule has 0 bridgehead atoms. The van der Waals surface area contributed by atoms with Crippen molar-refractivity contribution in [2.45, 2.75) is 24.7 Å². The summed E-state index contributed by atoms with van der Waals surface area (Å²) < 4.78 is 32.5. The summed E-state index contributed by atoms with van der Waals surface area (Å²) in [5, 5.41) is 3.20. The largest absolute Gasteiger partial charge is 0.497 e. The maximum Gasteiger partial charge on any atom is 0.261 e. The fourth-order valence-corrected chi connectivity index (χ4v) is 3.64. The molecule has 2 N–H and O–H groups in total. The summed E-state index contributed by atoms with van der Waals surface area (Å²) >= 11 is 0. The number of methoxy groups -OCH3 is 1. The summed E-state index contributed by atoms with van der Waals surface area (Å²) in [4.78, 5) is 4.43. The van der Waals surface area contributed by atoms with Gasteiger partial charge in [-0.3, -0.25) is 4.72 Å². The molecule has 0 atom stereocenters. The van der Waals surface area contributed by atoms with E-state index in [1.165, 1.54) is 31.0 Å². The fraction of sp³-hybridized carbons (Fsp3) is 0.190. The molecule has 1 aromatic heterocycles. The zero-order valence-electron chi connectivity index (χ0n) is 16.0. The Morgan fingerprint density at radius 3 is 2.07 bits per heavy atom. The quantitative estimate of drug-likeness (QED) is 0.601. The maximum atomic E-state index is 12.5. The predicted octanol–water partition coefficient (Wildman–Crippen LogP) is 4.76. The summed E-state index contributed by atoms with van der Waals surface area (Å²) in [5.74, 6) is 1.70. The number of ether oxygens (including phenoxy) is 1. The van der Waals surface area contributed by atoms with Gasteiger partial charge in [0.25, 0.3) is 10.0 Å². The van der Waals surface area contributed by atoms with Crippen molar-refractivity contribution < 1.29 is 13.2 Å². The second kappa shape index (κ2) is 8.31. The number of nitrogens with one attached hydrogen (secondary N) is 2. The molecule has 0 aliphatic heterocycles. The molecule has 7 heteroatoms. The molecule has 2 aromatic carbocycles. The molecule has 28 heavy (non-hydrogen) atoms. The number of anilines is 3. The van der Waals surface area contributed by atoms with Gasteiger partial charge in [-0.05, 0) is 60.0 Å². The molecule has 0 fully saturated rings. The van der Waals surface area contributed by atoms with Gasteiger partial charge >= 0.3 is 0 Å². The second-order valence-corrected chi connectivity index (χ2v) is 8.30.